The molecule has 192 valence electrons. The normalized spacial score (nSPS) is 12.3. The number of carbonyl (C=O) groups is 2. The molecule has 2 amide bonds. The minimum absolute atomic E-state index is 0.0975. The zero-order valence-corrected chi connectivity index (χ0v) is 22.7. The number of amides is 2. The molecule has 0 radical (unpaired) electrons. The van der Waals surface area contributed by atoms with Gasteiger partial charge in [-0.15, -0.1) is 0 Å². The van der Waals surface area contributed by atoms with Crippen LogP contribution in [0.5, 0.6) is 0 Å². The van der Waals surface area contributed by atoms with Crippen LogP contribution < -0.4 is 9.62 Å². The first-order valence-electron chi connectivity index (χ1n) is 11.7. The zero-order valence-electron chi connectivity index (χ0n) is 21.1. The number of nitrogens with one attached hydrogen (secondary N) is 1. The fourth-order valence-corrected chi connectivity index (χ4v) is 4.70. The summed E-state index contributed by atoms with van der Waals surface area (Å²) in [6, 6.07) is 13.8. The highest BCUT2D eigenvalue weighted by atomic mass is 35.5. The topological polar surface area (TPSA) is 86.8 Å². The summed E-state index contributed by atoms with van der Waals surface area (Å²) >= 11 is 6.04. The second kappa shape index (κ2) is 12.9. The lowest BCUT2D eigenvalue weighted by Gasteiger charge is -2.29. The Morgan fingerprint density at radius 2 is 1.71 bits per heavy atom. The predicted octanol–water partition coefficient (Wildman–Crippen LogP) is 4.38. The minimum Gasteiger partial charge on any atom is -0.354 e. The van der Waals surface area contributed by atoms with E-state index in [9.17, 15) is 18.0 Å². The largest absolute Gasteiger partial charge is 0.354 e. The second-order valence-electron chi connectivity index (χ2n) is 9.24. The summed E-state index contributed by atoms with van der Waals surface area (Å²) in [5.41, 5.74) is 2.48. The number of aryl methyl sites for hydroxylation is 1. The van der Waals surface area contributed by atoms with Gasteiger partial charge in [-0.1, -0.05) is 61.3 Å². The smallest absolute Gasteiger partial charge is 0.242 e. The Hall–Kier alpha value is -2.58. The van der Waals surface area contributed by atoms with Crippen LogP contribution in [0, 0.1) is 12.8 Å². The molecule has 9 heteroatoms. The van der Waals surface area contributed by atoms with Gasteiger partial charge in [-0.25, -0.2) is 8.42 Å². The van der Waals surface area contributed by atoms with Gasteiger partial charge >= 0.3 is 0 Å². The van der Waals surface area contributed by atoms with E-state index >= 15 is 0 Å². The molecule has 2 aromatic carbocycles. The van der Waals surface area contributed by atoms with Gasteiger partial charge in [0.1, 0.15) is 6.04 Å². The number of hydrogen-bond donors (Lipinski definition) is 1. The van der Waals surface area contributed by atoms with Crippen molar-refractivity contribution in [3.05, 3.63) is 64.7 Å². The molecule has 2 aromatic rings. The number of halogens is 1. The molecule has 1 atom stereocenters. The minimum atomic E-state index is -3.57. The van der Waals surface area contributed by atoms with Gasteiger partial charge in [0, 0.05) is 31.1 Å². The van der Waals surface area contributed by atoms with Crippen molar-refractivity contribution < 1.29 is 18.0 Å². The second-order valence-corrected chi connectivity index (χ2v) is 11.6. The third-order valence-corrected chi connectivity index (χ3v) is 7.00. The maximum Gasteiger partial charge on any atom is 0.242 e. The molecular weight excluding hydrogens is 486 g/mol. The highest BCUT2D eigenvalue weighted by Crippen LogP contribution is 2.22. The highest BCUT2D eigenvalue weighted by Gasteiger charge is 2.26. The van der Waals surface area contributed by atoms with Gasteiger partial charge in [-0.2, -0.15) is 0 Å². The number of carbonyl (C=O) groups excluding carboxylic acids is 2. The van der Waals surface area contributed by atoms with E-state index in [2.05, 4.69) is 5.32 Å². The average molecular weight is 522 g/mol. The molecule has 0 aliphatic heterocycles. The number of benzene rings is 2. The molecule has 0 aliphatic rings. The molecule has 0 aliphatic carbocycles. The number of nitrogens with zero attached hydrogens (tertiary/aromatic N) is 2. The van der Waals surface area contributed by atoms with Gasteiger partial charge in [0.25, 0.3) is 0 Å². The summed E-state index contributed by atoms with van der Waals surface area (Å²) in [5, 5.41) is 3.33. The van der Waals surface area contributed by atoms with Crippen molar-refractivity contribution in [1.82, 2.24) is 10.2 Å². The molecule has 2 rings (SSSR count). The first kappa shape index (κ1) is 28.7. The first-order chi connectivity index (χ1) is 16.4. The molecule has 0 unspecified atom stereocenters. The summed E-state index contributed by atoms with van der Waals surface area (Å²) in [7, 11) is -3.57. The Morgan fingerprint density at radius 1 is 1.06 bits per heavy atom. The Morgan fingerprint density at radius 3 is 2.29 bits per heavy atom. The molecule has 0 heterocycles. The zero-order chi connectivity index (χ0) is 26.2. The van der Waals surface area contributed by atoms with Crippen LogP contribution in [0.3, 0.4) is 0 Å². The van der Waals surface area contributed by atoms with Gasteiger partial charge in [-0.3, -0.25) is 13.9 Å². The van der Waals surface area contributed by atoms with Crippen LogP contribution >= 0.6 is 11.6 Å². The molecule has 0 spiro atoms. The quantitative estimate of drug-likeness (QED) is 0.449. The fraction of sp³-hybridized carbons (Fsp3) is 0.462. The van der Waals surface area contributed by atoms with Gasteiger partial charge in [0.2, 0.25) is 21.8 Å². The molecule has 1 N–H and O–H groups in total. The molecule has 0 saturated carbocycles. The standard InChI is InChI=1S/C26H36ClN3O4S/c1-19(2)17-28-26(32)21(4)29(18-22-13-11-20(3)12-14-22)25(31)10-7-15-30(35(5,33)34)24-9-6-8-23(27)16-24/h6,8-9,11-14,16,19,21H,7,10,15,17-18H2,1-5H3,(H,28,32)/t21-/m0/s1. The van der Waals surface area contributed by atoms with Crippen molar-refractivity contribution in [2.24, 2.45) is 5.92 Å². The van der Waals surface area contributed by atoms with Crippen LogP contribution in [-0.4, -0.2) is 50.5 Å². The fourth-order valence-electron chi connectivity index (χ4n) is 3.56. The molecule has 0 bridgehead atoms. The van der Waals surface area contributed by atoms with Crippen LogP contribution in [0.1, 0.15) is 44.7 Å². The van der Waals surface area contributed by atoms with Crippen molar-refractivity contribution in [1.29, 1.82) is 0 Å². The summed E-state index contributed by atoms with van der Waals surface area (Å²) in [5.74, 6) is -0.131. The predicted molar refractivity (Wildman–Crippen MR) is 142 cm³/mol. The number of rotatable bonds is 12. The SMILES string of the molecule is Cc1ccc(CN(C(=O)CCCN(c2cccc(Cl)c2)S(C)(=O)=O)[C@@H](C)C(=O)NCC(C)C)cc1. The van der Waals surface area contributed by atoms with Gasteiger partial charge in [0.15, 0.2) is 0 Å². The lowest BCUT2D eigenvalue weighted by molar-refractivity contribution is -0.140. The maximum atomic E-state index is 13.3. The Balaban J connectivity index is 2.15. The van der Waals surface area contributed by atoms with E-state index in [0.717, 1.165) is 17.4 Å². The average Bonchev–Trinajstić information content (AvgIpc) is 2.78. The third-order valence-electron chi connectivity index (χ3n) is 5.57. The van der Waals surface area contributed by atoms with E-state index in [-0.39, 0.29) is 24.8 Å². The lowest BCUT2D eigenvalue weighted by Crippen LogP contribution is -2.48. The van der Waals surface area contributed by atoms with Gasteiger partial charge < -0.3 is 10.2 Å². The van der Waals surface area contributed by atoms with E-state index in [1.807, 2.05) is 45.0 Å². The Labute approximate surface area is 214 Å². The molecule has 0 fully saturated rings. The maximum absolute atomic E-state index is 13.3. The number of sulfonamides is 1. The molecular formula is C26H36ClN3O4S. The summed E-state index contributed by atoms with van der Waals surface area (Å²) in [6.45, 7) is 8.66. The molecule has 0 aromatic heterocycles. The van der Waals surface area contributed by atoms with E-state index in [1.165, 1.54) is 4.31 Å². The summed E-state index contributed by atoms with van der Waals surface area (Å²) in [4.78, 5) is 27.6. The third kappa shape index (κ3) is 9.18. The van der Waals surface area contributed by atoms with E-state index in [1.54, 1.807) is 36.1 Å². The monoisotopic (exact) mass is 521 g/mol. The Bertz CT molecular complexity index is 1100. The molecule has 35 heavy (non-hydrogen) atoms. The first-order valence-corrected chi connectivity index (χ1v) is 14.0. The van der Waals surface area contributed by atoms with Crippen LogP contribution in [0.2, 0.25) is 5.02 Å². The van der Waals surface area contributed by atoms with E-state index < -0.39 is 16.1 Å². The van der Waals surface area contributed by atoms with Crippen molar-refractivity contribution in [3.8, 4) is 0 Å². The van der Waals surface area contributed by atoms with Gasteiger partial charge in [0.05, 0.1) is 11.9 Å². The molecule has 7 nitrogen and oxygen atoms in total. The van der Waals surface area contributed by atoms with E-state index in [0.29, 0.717) is 36.1 Å². The Kier molecular flexibility index (Phi) is 10.6. The van der Waals surface area contributed by atoms with Gasteiger partial charge in [-0.05, 0) is 49.9 Å². The number of hydrogen-bond acceptors (Lipinski definition) is 4. The van der Waals surface area contributed by atoms with Crippen LogP contribution in [-0.2, 0) is 26.2 Å². The van der Waals surface area contributed by atoms with Crippen molar-refractivity contribution in [3.63, 3.8) is 0 Å². The van der Waals surface area contributed by atoms with Crippen LogP contribution in [0.4, 0.5) is 5.69 Å². The number of anilines is 1. The lowest BCUT2D eigenvalue weighted by atomic mass is 10.1. The highest BCUT2D eigenvalue weighted by molar-refractivity contribution is 7.92. The van der Waals surface area contributed by atoms with Crippen molar-refractivity contribution in [2.45, 2.75) is 53.1 Å². The summed E-state index contributed by atoms with van der Waals surface area (Å²) in [6.07, 6.45) is 1.52. The van der Waals surface area contributed by atoms with Crippen molar-refractivity contribution in [2.75, 3.05) is 23.7 Å². The molecule has 0 saturated heterocycles. The van der Waals surface area contributed by atoms with Crippen LogP contribution in [0.15, 0.2) is 48.5 Å². The summed E-state index contributed by atoms with van der Waals surface area (Å²) < 4.78 is 26.0. The van der Waals surface area contributed by atoms with Crippen LogP contribution in [0.25, 0.3) is 0 Å². The van der Waals surface area contributed by atoms with Crippen molar-refractivity contribution >= 4 is 39.1 Å². The van der Waals surface area contributed by atoms with E-state index in [4.69, 9.17) is 11.6 Å².